The molecule has 0 unspecified atom stereocenters. The van der Waals surface area contributed by atoms with E-state index in [4.69, 9.17) is 0 Å². The highest BCUT2D eigenvalue weighted by molar-refractivity contribution is 9.10. The number of carbonyl (C=O) groups is 1. The van der Waals surface area contributed by atoms with Gasteiger partial charge in [0.25, 0.3) is 0 Å². The monoisotopic (exact) mass is 433 g/mol. The number of amides is 1. The summed E-state index contributed by atoms with van der Waals surface area (Å²) in [4.78, 5) is 24.7. The van der Waals surface area contributed by atoms with E-state index in [-0.39, 0.29) is 5.91 Å². The van der Waals surface area contributed by atoms with E-state index in [9.17, 15) is 4.79 Å². The van der Waals surface area contributed by atoms with E-state index in [0.717, 1.165) is 32.2 Å². The van der Waals surface area contributed by atoms with E-state index >= 15 is 0 Å². The summed E-state index contributed by atoms with van der Waals surface area (Å²) in [5, 5.41) is 7.01. The van der Waals surface area contributed by atoms with Crippen LogP contribution in [-0.4, -0.2) is 20.9 Å². The summed E-state index contributed by atoms with van der Waals surface area (Å²) in [5.74, 6) is 0.341. The van der Waals surface area contributed by atoms with Gasteiger partial charge in [-0.1, -0.05) is 22.0 Å². The molecule has 4 aromatic rings. The van der Waals surface area contributed by atoms with Crippen LogP contribution in [0.4, 0.5) is 17.3 Å². The molecule has 28 heavy (non-hydrogen) atoms. The van der Waals surface area contributed by atoms with Gasteiger partial charge in [-0.15, -0.1) is 0 Å². The lowest BCUT2D eigenvalue weighted by Crippen LogP contribution is -2.06. The summed E-state index contributed by atoms with van der Waals surface area (Å²) in [6.45, 7) is 1.48. The van der Waals surface area contributed by atoms with Crippen LogP contribution >= 0.6 is 15.9 Å². The number of aromatic nitrogens is 3. The van der Waals surface area contributed by atoms with Crippen LogP contribution in [0.2, 0.25) is 0 Å². The predicted octanol–water partition coefficient (Wildman–Crippen LogP) is 5.16. The number of anilines is 3. The van der Waals surface area contributed by atoms with E-state index in [0.29, 0.717) is 11.6 Å². The van der Waals surface area contributed by atoms with Crippen LogP contribution in [0.15, 0.2) is 71.6 Å². The lowest BCUT2D eigenvalue weighted by Gasteiger charge is -2.12. The van der Waals surface area contributed by atoms with E-state index < -0.39 is 0 Å². The number of fused-ring (bicyclic) bond motifs is 1. The first-order valence-electron chi connectivity index (χ1n) is 8.59. The summed E-state index contributed by atoms with van der Waals surface area (Å²) in [6.07, 6.45) is 5.28. The van der Waals surface area contributed by atoms with Crippen molar-refractivity contribution in [2.75, 3.05) is 10.6 Å². The lowest BCUT2D eigenvalue weighted by atomic mass is 10.1. The molecule has 2 aromatic carbocycles. The molecule has 0 spiro atoms. The van der Waals surface area contributed by atoms with Gasteiger partial charge in [-0.25, -0.2) is 9.97 Å². The number of carbonyl (C=O) groups excluding carboxylic acids is 1. The Morgan fingerprint density at radius 2 is 1.86 bits per heavy atom. The third kappa shape index (κ3) is 4.15. The average Bonchev–Trinajstić information content (AvgIpc) is 2.68. The van der Waals surface area contributed by atoms with Crippen LogP contribution in [0.1, 0.15) is 6.92 Å². The van der Waals surface area contributed by atoms with Gasteiger partial charge in [-0.05, 0) is 48.0 Å². The molecule has 0 aliphatic heterocycles. The van der Waals surface area contributed by atoms with Gasteiger partial charge in [0.2, 0.25) is 11.9 Å². The molecule has 2 aromatic heterocycles. The minimum atomic E-state index is -0.137. The topological polar surface area (TPSA) is 79.8 Å². The molecule has 0 radical (unpaired) electrons. The fourth-order valence-electron chi connectivity index (χ4n) is 2.87. The van der Waals surface area contributed by atoms with Gasteiger partial charge in [0.1, 0.15) is 0 Å². The van der Waals surface area contributed by atoms with Gasteiger partial charge in [0.05, 0.1) is 5.52 Å². The van der Waals surface area contributed by atoms with Gasteiger partial charge in [0, 0.05) is 52.3 Å². The third-order valence-electron chi connectivity index (χ3n) is 4.05. The van der Waals surface area contributed by atoms with Crippen LogP contribution in [0, 0.1) is 0 Å². The first kappa shape index (κ1) is 18.1. The van der Waals surface area contributed by atoms with Crippen molar-refractivity contribution in [2.24, 2.45) is 0 Å². The summed E-state index contributed by atoms with van der Waals surface area (Å²) < 4.78 is 0.980. The summed E-state index contributed by atoms with van der Waals surface area (Å²) in [5.41, 5.74) is 4.16. The zero-order chi connectivity index (χ0) is 19.5. The highest BCUT2D eigenvalue weighted by Gasteiger charge is 2.07. The average molecular weight is 434 g/mol. The van der Waals surface area contributed by atoms with Gasteiger partial charge in [0.15, 0.2) is 0 Å². The normalized spacial score (nSPS) is 10.6. The first-order valence-corrected chi connectivity index (χ1v) is 9.38. The Kier molecular flexibility index (Phi) is 4.99. The molecule has 1 amide bonds. The lowest BCUT2D eigenvalue weighted by molar-refractivity contribution is -0.114. The van der Waals surface area contributed by atoms with Crippen molar-refractivity contribution in [3.05, 3.63) is 71.6 Å². The summed E-state index contributed by atoms with van der Waals surface area (Å²) >= 11 is 3.45. The maximum Gasteiger partial charge on any atom is 0.227 e. The number of nitrogens with zero attached hydrogens (tertiary/aromatic N) is 3. The largest absolute Gasteiger partial charge is 0.326 e. The minimum Gasteiger partial charge on any atom is -0.326 e. The van der Waals surface area contributed by atoms with Crippen molar-refractivity contribution < 1.29 is 4.79 Å². The molecule has 0 aliphatic carbocycles. The molecule has 0 saturated heterocycles. The number of benzene rings is 2. The van der Waals surface area contributed by atoms with Gasteiger partial charge in [-0.3, -0.25) is 9.78 Å². The number of hydrogen-bond acceptors (Lipinski definition) is 5. The zero-order valence-electron chi connectivity index (χ0n) is 15.0. The predicted molar refractivity (Wildman–Crippen MR) is 114 cm³/mol. The molecule has 0 bridgehead atoms. The van der Waals surface area contributed by atoms with Crippen molar-refractivity contribution >= 4 is 50.1 Å². The van der Waals surface area contributed by atoms with E-state index in [2.05, 4.69) is 41.5 Å². The second-order valence-electron chi connectivity index (χ2n) is 6.24. The number of nitrogens with one attached hydrogen (secondary N) is 2. The minimum absolute atomic E-state index is 0.137. The fourth-order valence-corrected chi connectivity index (χ4v) is 3.25. The van der Waals surface area contributed by atoms with Crippen LogP contribution in [-0.2, 0) is 4.79 Å². The van der Waals surface area contributed by atoms with Gasteiger partial charge >= 0.3 is 0 Å². The quantitative estimate of drug-likeness (QED) is 0.464. The molecule has 2 heterocycles. The van der Waals surface area contributed by atoms with E-state index in [1.807, 2.05) is 48.5 Å². The Hall–Kier alpha value is -3.32. The SMILES string of the molecule is CC(=O)Nc1cc(Nc2ncc3cc(Br)ccc3n2)cc(-c2cccnc2)c1. The maximum absolute atomic E-state index is 11.5. The number of rotatable bonds is 4. The Balaban J connectivity index is 1.72. The smallest absolute Gasteiger partial charge is 0.227 e. The summed E-state index contributed by atoms with van der Waals surface area (Å²) in [6, 6.07) is 15.4. The number of halogens is 1. The maximum atomic E-state index is 11.5. The molecule has 2 N–H and O–H groups in total. The molecule has 0 saturated carbocycles. The van der Waals surface area contributed by atoms with Crippen molar-refractivity contribution in [1.82, 2.24) is 15.0 Å². The molecule has 0 aliphatic rings. The van der Waals surface area contributed by atoms with Crippen LogP contribution < -0.4 is 10.6 Å². The Morgan fingerprint density at radius 1 is 1.00 bits per heavy atom. The molecular formula is C21H16BrN5O. The third-order valence-corrected chi connectivity index (χ3v) is 4.54. The molecular weight excluding hydrogens is 418 g/mol. The molecule has 0 fully saturated rings. The van der Waals surface area contributed by atoms with E-state index in [1.165, 1.54) is 6.92 Å². The highest BCUT2D eigenvalue weighted by atomic mass is 79.9. The van der Waals surface area contributed by atoms with Crippen LogP contribution in [0.25, 0.3) is 22.0 Å². The van der Waals surface area contributed by atoms with Crippen molar-refractivity contribution in [1.29, 1.82) is 0 Å². The van der Waals surface area contributed by atoms with Crippen molar-refractivity contribution in [3.63, 3.8) is 0 Å². The summed E-state index contributed by atoms with van der Waals surface area (Å²) in [7, 11) is 0. The van der Waals surface area contributed by atoms with Crippen LogP contribution in [0.5, 0.6) is 0 Å². The zero-order valence-corrected chi connectivity index (χ0v) is 16.6. The molecule has 138 valence electrons. The second-order valence-corrected chi connectivity index (χ2v) is 7.16. The second kappa shape index (κ2) is 7.74. The van der Waals surface area contributed by atoms with Gasteiger partial charge < -0.3 is 10.6 Å². The molecule has 0 atom stereocenters. The standard InChI is InChI=1S/C21H16BrN5O/c1-13(28)25-18-8-15(14-3-2-6-23-11-14)9-19(10-18)26-21-24-12-16-7-17(22)4-5-20(16)27-21/h2-12H,1H3,(H,25,28)(H,24,26,27). The molecule has 7 heteroatoms. The van der Waals surface area contributed by atoms with Gasteiger partial charge in [-0.2, -0.15) is 0 Å². The van der Waals surface area contributed by atoms with Crippen molar-refractivity contribution in [2.45, 2.75) is 6.92 Å². The Morgan fingerprint density at radius 3 is 2.64 bits per heavy atom. The van der Waals surface area contributed by atoms with Crippen LogP contribution in [0.3, 0.4) is 0 Å². The fraction of sp³-hybridized carbons (Fsp3) is 0.0476. The Bertz CT molecular complexity index is 1160. The Labute approximate surface area is 170 Å². The van der Waals surface area contributed by atoms with E-state index in [1.54, 1.807) is 18.6 Å². The highest BCUT2D eigenvalue weighted by Crippen LogP contribution is 2.28. The number of pyridine rings is 1. The molecule has 4 rings (SSSR count). The first-order chi connectivity index (χ1) is 13.6. The number of hydrogen-bond donors (Lipinski definition) is 2. The van der Waals surface area contributed by atoms with Crippen molar-refractivity contribution in [3.8, 4) is 11.1 Å². The molecule has 6 nitrogen and oxygen atoms in total.